The highest BCUT2D eigenvalue weighted by molar-refractivity contribution is 9.09. The Bertz CT molecular complexity index is 569. The number of alkyl halides is 1. The normalized spacial score (nSPS) is 12.0. The highest BCUT2D eigenvalue weighted by atomic mass is 79.9. The zero-order chi connectivity index (χ0) is 14.5. The molecule has 4 heteroatoms. The molecule has 2 nitrogen and oxygen atoms in total. The van der Waals surface area contributed by atoms with Gasteiger partial charge in [-0.2, -0.15) is 0 Å². The molecule has 1 atom stereocenters. The minimum absolute atomic E-state index is 0.0915. The first-order chi connectivity index (χ1) is 9.63. The zero-order valence-electron chi connectivity index (χ0n) is 11.4. The Morgan fingerprint density at radius 3 is 2.35 bits per heavy atom. The van der Waals surface area contributed by atoms with Gasteiger partial charge in [0.1, 0.15) is 17.3 Å². The van der Waals surface area contributed by atoms with Crippen LogP contribution in [0, 0.1) is 5.82 Å². The summed E-state index contributed by atoms with van der Waals surface area (Å²) in [4.78, 5) is 0.0915. The van der Waals surface area contributed by atoms with Gasteiger partial charge >= 0.3 is 0 Å². The van der Waals surface area contributed by atoms with Gasteiger partial charge in [0.25, 0.3) is 0 Å². The van der Waals surface area contributed by atoms with Gasteiger partial charge in [0.05, 0.1) is 14.2 Å². The number of hydrogen-bond acceptors (Lipinski definition) is 2. The van der Waals surface area contributed by atoms with Gasteiger partial charge in [-0.1, -0.05) is 34.1 Å². The van der Waals surface area contributed by atoms with Crippen LogP contribution >= 0.6 is 15.9 Å². The third-order valence-electron chi connectivity index (χ3n) is 3.11. The van der Waals surface area contributed by atoms with Crippen molar-refractivity contribution in [2.45, 2.75) is 11.2 Å². The highest BCUT2D eigenvalue weighted by Gasteiger charge is 2.14. The molecule has 0 aliphatic rings. The van der Waals surface area contributed by atoms with E-state index in [0.717, 1.165) is 29.0 Å². The summed E-state index contributed by atoms with van der Waals surface area (Å²) in [6.07, 6.45) is 0.753. The van der Waals surface area contributed by atoms with E-state index in [-0.39, 0.29) is 10.6 Å². The second-order valence-electron chi connectivity index (χ2n) is 4.41. The summed E-state index contributed by atoms with van der Waals surface area (Å²) in [6, 6.07) is 12.3. The van der Waals surface area contributed by atoms with Gasteiger partial charge in [-0.15, -0.1) is 0 Å². The standard InChI is InChI=1S/C16H16BrFO2/c1-19-13-7-8-14(16(10-13)20-2)15(17)9-11-3-5-12(18)6-4-11/h3-8,10,15H,9H2,1-2H3. The molecule has 0 amide bonds. The maximum atomic E-state index is 12.9. The van der Waals surface area contributed by atoms with Crippen LogP contribution in [-0.4, -0.2) is 14.2 Å². The van der Waals surface area contributed by atoms with E-state index >= 15 is 0 Å². The lowest BCUT2D eigenvalue weighted by Gasteiger charge is -2.15. The molecule has 2 aromatic carbocycles. The second kappa shape index (κ2) is 6.75. The van der Waals surface area contributed by atoms with E-state index in [4.69, 9.17) is 9.47 Å². The third kappa shape index (κ3) is 3.51. The van der Waals surface area contributed by atoms with Gasteiger partial charge in [-0.25, -0.2) is 4.39 Å². The number of ether oxygens (including phenoxy) is 2. The van der Waals surface area contributed by atoms with Crippen LogP contribution in [0.4, 0.5) is 4.39 Å². The van der Waals surface area contributed by atoms with Crippen LogP contribution in [0.15, 0.2) is 42.5 Å². The van der Waals surface area contributed by atoms with Crippen LogP contribution in [0.2, 0.25) is 0 Å². The van der Waals surface area contributed by atoms with Gasteiger partial charge in [-0.05, 0) is 30.2 Å². The SMILES string of the molecule is COc1ccc(C(Br)Cc2ccc(F)cc2)c(OC)c1. The molecule has 20 heavy (non-hydrogen) atoms. The van der Waals surface area contributed by atoms with E-state index < -0.39 is 0 Å². The van der Waals surface area contributed by atoms with Crippen LogP contribution in [0.25, 0.3) is 0 Å². The minimum atomic E-state index is -0.220. The quantitative estimate of drug-likeness (QED) is 0.746. The molecule has 0 aliphatic carbocycles. The number of methoxy groups -OCH3 is 2. The molecule has 0 bridgehead atoms. The lowest BCUT2D eigenvalue weighted by Crippen LogP contribution is -1.99. The number of halogens is 2. The van der Waals surface area contributed by atoms with E-state index in [2.05, 4.69) is 15.9 Å². The average Bonchev–Trinajstić information content (AvgIpc) is 2.48. The Hall–Kier alpha value is -1.55. The molecule has 2 aromatic rings. The molecule has 0 saturated carbocycles. The van der Waals surface area contributed by atoms with Crippen molar-refractivity contribution >= 4 is 15.9 Å². The van der Waals surface area contributed by atoms with E-state index in [0.29, 0.717) is 0 Å². The molecule has 0 aromatic heterocycles. The van der Waals surface area contributed by atoms with Crippen molar-refractivity contribution in [3.05, 3.63) is 59.4 Å². The Morgan fingerprint density at radius 1 is 1.05 bits per heavy atom. The topological polar surface area (TPSA) is 18.5 Å². The van der Waals surface area contributed by atoms with Crippen molar-refractivity contribution < 1.29 is 13.9 Å². The van der Waals surface area contributed by atoms with Gasteiger partial charge in [0, 0.05) is 16.5 Å². The van der Waals surface area contributed by atoms with Crippen molar-refractivity contribution in [1.29, 1.82) is 0 Å². The van der Waals surface area contributed by atoms with E-state index in [1.54, 1.807) is 26.4 Å². The minimum Gasteiger partial charge on any atom is -0.497 e. The van der Waals surface area contributed by atoms with Gasteiger partial charge in [0.15, 0.2) is 0 Å². The van der Waals surface area contributed by atoms with Gasteiger partial charge in [-0.3, -0.25) is 0 Å². The van der Waals surface area contributed by atoms with Crippen molar-refractivity contribution in [1.82, 2.24) is 0 Å². The Balaban J connectivity index is 2.20. The number of benzene rings is 2. The molecule has 106 valence electrons. The highest BCUT2D eigenvalue weighted by Crippen LogP contribution is 2.36. The third-order valence-corrected chi connectivity index (χ3v) is 3.92. The summed E-state index contributed by atoms with van der Waals surface area (Å²) in [5, 5.41) is 0. The van der Waals surface area contributed by atoms with Crippen LogP contribution in [-0.2, 0) is 6.42 Å². The van der Waals surface area contributed by atoms with Crippen LogP contribution < -0.4 is 9.47 Å². The lowest BCUT2D eigenvalue weighted by atomic mass is 10.0. The summed E-state index contributed by atoms with van der Waals surface area (Å²) in [5.74, 6) is 1.31. The number of rotatable bonds is 5. The van der Waals surface area contributed by atoms with Crippen molar-refractivity contribution in [2.75, 3.05) is 14.2 Å². The average molecular weight is 339 g/mol. The molecule has 0 aliphatic heterocycles. The fourth-order valence-electron chi connectivity index (χ4n) is 2.01. The predicted molar refractivity (Wildman–Crippen MR) is 81.3 cm³/mol. The molecule has 0 N–H and O–H groups in total. The Kier molecular flexibility index (Phi) is 5.01. The number of hydrogen-bond donors (Lipinski definition) is 0. The molecular formula is C16H16BrFO2. The molecular weight excluding hydrogens is 323 g/mol. The molecule has 2 rings (SSSR count). The Morgan fingerprint density at radius 2 is 1.75 bits per heavy atom. The monoisotopic (exact) mass is 338 g/mol. The van der Waals surface area contributed by atoms with E-state index in [1.807, 2.05) is 18.2 Å². The summed E-state index contributed by atoms with van der Waals surface area (Å²) in [6.45, 7) is 0. The van der Waals surface area contributed by atoms with Crippen LogP contribution in [0.1, 0.15) is 16.0 Å². The largest absolute Gasteiger partial charge is 0.497 e. The van der Waals surface area contributed by atoms with Crippen molar-refractivity contribution in [3.8, 4) is 11.5 Å². The van der Waals surface area contributed by atoms with Crippen LogP contribution in [0.3, 0.4) is 0 Å². The van der Waals surface area contributed by atoms with Crippen molar-refractivity contribution in [3.63, 3.8) is 0 Å². The van der Waals surface area contributed by atoms with Gasteiger partial charge in [0.2, 0.25) is 0 Å². The van der Waals surface area contributed by atoms with Crippen molar-refractivity contribution in [2.24, 2.45) is 0 Å². The van der Waals surface area contributed by atoms with Crippen LogP contribution in [0.5, 0.6) is 11.5 Å². The molecule has 0 heterocycles. The summed E-state index contributed by atoms with van der Waals surface area (Å²) < 4.78 is 23.5. The fourth-order valence-corrected chi connectivity index (χ4v) is 2.77. The second-order valence-corrected chi connectivity index (χ2v) is 5.51. The molecule has 0 spiro atoms. The maximum Gasteiger partial charge on any atom is 0.126 e. The predicted octanol–water partition coefficient (Wildman–Crippen LogP) is 4.52. The van der Waals surface area contributed by atoms with E-state index in [9.17, 15) is 4.39 Å². The molecule has 0 fully saturated rings. The first-order valence-electron chi connectivity index (χ1n) is 6.24. The summed E-state index contributed by atoms with van der Waals surface area (Å²) >= 11 is 3.66. The smallest absolute Gasteiger partial charge is 0.126 e. The summed E-state index contributed by atoms with van der Waals surface area (Å²) in [5.41, 5.74) is 2.10. The molecule has 1 unspecified atom stereocenters. The lowest BCUT2D eigenvalue weighted by molar-refractivity contribution is 0.391. The molecule has 0 radical (unpaired) electrons. The van der Waals surface area contributed by atoms with Gasteiger partial charge < -0.3 is 9.47 Å². The first-order valence-corrected chi connectivity index (χ1v) is 7.16. The van der Waals surface area contributed by atoms with E-state index in [1.165, 1.54) is 12.1 Å². The fraction of sp³-hybridized carbons (Fsp3) is 0.250. The maximum absolute atomic E-state index is 12.9. The molecule has 0 saturated heterocycles. The zero-order valence-corrected chi connectivity index (χ0v) is 13.0. The summed E-state index contributed by atoms with van der Waals surface area (Å²) in [7, 11) is 3.26. The first kappa shape index (κ1) is 14.9. The Labute approximate surface area is 126 Å².